The molecule has 3 atom stereocenters. The highest BCUT2D eigenvalue weighted by Crippen LogP contribution is 2.51. The van der Waals surface area contributed by atoms with E-state index in [0.717, 1.165) is 24.2 Å². The second kappa shape index (κ2) is 6.10. The minimum Gasteiger partial charge on any atom is -0.497 e. The van der Waals surface area contributed by atoms with Crippen LogP contribution in [0.5, 0.6) is 11.5 Å². The minimum absolute atomic E-state index is 0.0497. The van der Waals surface area contributed by atoms with Crippen LogP contribution in [0, 0.1) is 11.8 Å². The second-order valence-electron chi connectivity index (χ2n) is 6.22. The molecule has 1 aromatic carbocycles. The Hall–Kier alpha value is -2.24. The van der Waals surface area contributed by atoms with E-state index in [2.05, 4.69) is 5.32 Å². The van der Waals surface area contributed by atoms with E-state index in [1.54, 1.807) is 14.2 Å². The molecule has 124 valence electrons. The van der Waals surface area contributed by atoms with E-state index in [1.807, 2.05) is 18.2 Å². The standard InChI is InChI=1S/C17H21NO5/c1-22-10-5-6-14(23-2)12(7-10)11-8-13(11)16(19)18-15(17(20)21)9-3-4-9/h5-7,9,11,13,15H,3-4,8H2,1-2H3,(H,18,19)(H,20,21). The monoisotopic (exact) mass is 319 g/mol. The number of amides is 1. The molecule has 0 heterocycles. The third-order valence-corrected chi connectivity index (χ3v) is 4.62. The third kappa shape index (κ3) is 3.25. The van der Waals surface area contributed by atoms with Crippen molar-refractivity contribution in [2.45, 2.75) is 31.2 Å². The summed E-state index contributed by atoms with van der Waals surface area (Å²) in [5.41, 5.74) is 0.935. The number of methoxy groups -OCH3 is 2. The molecule has 1 amide bonds. The highest BCUT2D eigenvalue weighted by Gasteiger charge is 2.47. The first kappa shape index (κ1) is 15.6. The van der Waals surface area contributed by atoms with Crippen LogP contribution in [-0.2, 0) is 9.59 Å². The number of carboxylic acid groups (broad SMARTS) is 1. The smallest absolute Gasteiger partial charge is 0.326 e. The number of carboxylic acids is 1. The van der Waals surface area contributed by atoms with Gasteiger partial charge in [0.2, 0.25) is 5.91 Å². The van der Waals surface area contributed by atoms with Crippen molar-refractivity contribution in [2.24, 2.45) is 11.8 Å². The molecule has 0 bridgehead atoms. The first-order valence-electron chi connectivity index (χ1n) is 7.80. The number of benzene rings is 1. The van der Waals surface area contributed by atoms with Gasteiger partial charge in [-0.05, 0) is 43.4 Å². The van der Waals surface area contributed by atoms with Crippen molar-refractivity contribution in [3.63, 3.8) is 0 Å². The fourth-order valence-corrected chi connectivity index (χ4v) is 3.03. The molecule has 6 heteroatoms. The van der Waals surface area contributed by atoms with Crippen molar-refractivity contribution in [1.82, 2.24) is 5.32 Å². The predicted octanol–water partition coefficient (Wildman–Crippen LogP) is 1.79. The molecule has 0 spiro atoms. The Bertz CT molecular complexity index is 625. The Kier molecular flexibility index (Phi) is 4.15. The second-order valence-corrected chi connectivity index (χ2v) is 6.22. The highest BCUT2D eigenvalue weighted by atomic mass is 16.5. The average molecular weight is 319 g/mol. The van der Waals surface area contributed by atoms with E-state index >= 15 is 0 Å². The predicted molar refractivity (Wildman–Crippen MR) is 82.7 cm³/mol. The van der Waals surface area contributed by atoms with Gasteiger partial charge in [0.1, 0.15) is 17.5 Å². The van der Waals surface area contributed by atoms with Crippen LogP contribution in [0.3, 0.4) is 0 Å². The summed E-state index contributed by atoms with van der Waals surface area (Å²) in [5.74, 6) is 0.248. The molecule has 3 unspecified atom stereocenters. The lowest BCUT2D eigenvalue weighted by Crippen LogP contribution is -2.43. The van der Waals surface area contributed by atoms with E-state index in [1.165, 1.54) is 0 Å². The zero-order valence-corrected chi connectivity index (χ0v) is 13.2. The Labute approximate surface area is 134 Å². The van der Waals surface area contributed by atoms with Crippen LogP contribution in [-0.4, -0.2) is 37.2 Å². The lowest BCUT2D eigenvalue weighted by atomic mass is 10.1. The molecular formula is C17H21NO5. The number of nitrogens with one attached hydrogen (secondary N) is 1. The number of carbonyl (C=O) groups excluding carboxylic acids is 1. The molecule has 0 radical (unpaired) electrons. The quantitative estimate of drug-likeness (QED) is 0.800. The van der Waals surface area contributed by atoms with Crippen LogP contribution >= 0.6 is 0 Å². The fourth-order valence-electron chi connectivity index (χ4n) is 3.03. The largest absolute Gasteiger partial charge is 0.497 e. The van der Waals surface area contributed by atoms with Crippen molar-refractivity contribution in [2.75, 3.05) is 14.2 Å². The topological polar surface area (TPSA) is 84.9 Å². The number of ether oxygens (including phenoxy) is 2. The molecule has 6 nitrogen and oxygen atoms in total. The number of hydrogen-bond donors (Lipinski definition) is 2. The zero-order valence-electron chi connectivity index (χ0n) is 13.2. The Morgan fingerprint density at radius 2 is 2.00 bits per heavy atom. The molecule has 2 saturated carbocycles. The van der Waals surface area contributed by atoms with Crippen LogP contribution in [0.25, 0.3) is 0 Å². The average Bonchev–Trinajstić information content (AvgIpc) is 3.44. The maximum Gasteiger partial charge on any atom is 0.326 e. The van der Waals surface area contributed by atoms with Gasteiger partial charge in [0.05, 0.1) is 14.2 Å². The van der Waals surface area contributed by atoms with Gasteiger partial charge in [-0.1, -0.05) is 0 Å². The molecule has 2 aliphatic carbocycles. The van der Waals surface area contributed by atoms with Gasteiger partial charge in [-0.15, -0.1) is 0 Å². The van der Waals surface area contributed by atoms with E-state index < -0.39 is 12.0 Å². The Balaban J connectivity index is 1.69. The number of carbonyl (C=O) groups is 2. The maximum atomic E-state index is 12.3. The summed E-state index contributed by atoms with van der Waals surface area (Å²) in [7, 11) is 3.19. The molecule has 1 aromatic rings. The molecule has 23 heavy (non-hydrogen) atoms. The first-order chi connectivity index (χ1) is 11.0. The van der Waals surface area contributed by atoms with Crippen molar-refractivity contribution in [3.8, 4) is 11.5 Å². The van der Waals surface area contributed by atoms with Crippen LogP contribution in [0.2, 0.25) is 0 Å². The summed E-state index contributed by atoms with van der Waals surface area (Å²) in [6.07, 6.45) is 2.44. The summed E-state index contributed by atoms with van der Waals surface area (Å²) < 4.78 is 10.6. The van der Waals surface area contributed by atoms with E-state index in [0.29, 0.717) is 12.2 Å². The molecule has 2 fully saturated rings. The summed E-state index contributed by atoms with van der Waals surface area (Å²) in [6, 6.07) is 4.77. The fraction of sp³-hybridized carbons (Fsp3) is 0.529. The van der Waals surface area contributed by atoms with Crippen LogP contribution < -0.4 is 14.8 Å². The van der Waals surface area contributed by atoms with Gasteiger partial charge in [0.25, 0.3) is 0 Å². The SMILES string of the molecule is COc1ccc(OC)c(C2CC2C(=O)NC(C(=O)O)C2CC2)c1. The lowest BCUT2D eigenvalue weighted by Gasteiger charge is -2.14. The van der Waals surface area contributed by atoms with E-state index in [-0.39, 0.29) is 23.7 Å². The van der Waals surface area contributed by atoms with Crippen molar-refractivity contribution < 1.29 is 24.2 Å². The molecule has 2 aliphatic rings. The molecular weight excluding hydrogens is 298 g/mol. The maximum absolute atomic E-state index is 12.3. The van der Waals surface area contributed by atoms with Gasteiger partial charge < -0.3 is 19.9 Å². The third-order valence-electron chi connectivity index (χ3n) is 4.62. The molecule has 0 aromatic heterocycles. The highest BCUT2D eigenvalue weighted by molar-refractivity contribution is 5.88. The summed E-state index contributed by atoms with van der Waals surface area (Å²) in [4.78, 5) is 23.6. The van der Waals surface area contributed by atoms with Gasteiger partial charge in [0, 0.05) is 17.4 Å². The van der Waals surface area contributed by atoms with Gasteiger partial charge in [-0.2, -0.15) is 0 Å². The van der Waals surface area contributed by atoms with Crippen LogP contribution in [0.15, 0.2) is 18.2 Å². The zero-order chi connectivity index (χ0) is 16.6. The summed E-state index contributed by atoms with van der Waals surface area (Å²) >= 11 is 0. The van der Waals surface area contributed by atoms with Gasteiger partial charge >= 0.3 is 5.97 Å². The van der Waals surface area contributed by atoms with Crippen LogP contribution in [0.4, 0.5) is 0 Å². The van der Waals surface area contributed by atoms with Crippen LogP contribution in [0.1, 0.15) is 30.7 Å². The molecule has 0 aliphatic heterocycles. The van der Waals surface area contributed by atoms with E-state index in [9.17, 15) is 14.7 Å². The summed E-state index contributed by atoms with van der Waals surface area (Å²) in [5, 5.41) is 11.9. The van der Waals surface area contributed by atoms with Gasteiger partial charge in [-0.25, -0.2) is 4.79 Å². The number of rotatable bonds is 7. The summed E-state index contributed by atoms with van der Waals surface area (Å²) in [6.45, 7) is 0. The molecule has 2 N–H and O–H groups in total. The molecule has 3 rings (SSSR count). The molecule has 0 saturated heterocycles. The van der Waals surface area contributed by atoms with Crippen molar-refractivity contribution in [3.05, 3.63) is 23.8 Å². The lowest BCUT2D eigenvalue weighted by molar-refractivity contribution is -0.142. The number of aliphatic carboxylic acids is 1. The van der Waals surface area contributed by atoms with E-state index in [4.69, 9.17) is 9.47 Å². The normalized spacial score (nSPS) is 23.7. The first-order valence-corrected chi connectivity index (χ1v) is 7.80. The number of hydrogen-bond acceptors (Lipinski definition) is 4. The van der Waals surface area contributed by atoms with Gasteiger partial charge in [0.15, 0.2) is 0 Å². The van der Waals surface area contributed by atoms with Crippen molar-refractivity contribution in [1.29, 1.82) is 0 Å². The van der Waals surface area contributed by atoms with Crippen molar-refractivity contribution >= 4 is 11.9 Å². The Morgan fingerprint density at radius 1 is 1.26 bits per heavy atom. The minimum atomic E-state index is -0.947. The Morgan fingerprint density at radius 3 is 2.57 bits per heavy atom. The van der Waals surface area contributed by atoms with Gasteiger partial charge in [-0.3, -0.25) is 4.79 Å².